The summed E-state index contributed by atoms with van der Waals surface area (Å²) in [5.41, 5.74) is -0.306. The van der Waals surface area contributed by atoms with Gasteiger partial charge in [0, 0.05) is 5.71 Å². The van der Waals surface area contributed by atoms with Crippen LogP contribution in [0.15, 0.2) is 0 Å². The van der Waals surface area contributed by atoms with E-state index in [1.54, 1.807) is 19.9 Å². The lowest BCUT2D eigenvalue weighted by Crippen LogP contribution is -2.26. The van der Waals surface area contributed by atoms with Gasteiger partial charge in [0.25, 0.3) is 0 Å². The predicted molar refractivity (Wildman–Crippen MR) is 54.7 cm³/mol. The topological polar surface area (TPSA) is 100 Å². The molecule has 0 saturated heterocycles. The average molecular weight is 226 g/mol. The van der Waals surface area contributed by atoms with Crippen LogP contribution in [0.5, 0.6) is 0 Å². The number of nitriles is 1. The Kier molecular flexibility index (Phi) is 6.52. The first kappa shape index (κ1) is 14.1. The highest BCUT2D eigenvalue weighted by Crippen LogP contribution is 2.05. The smallest absolute Gasteiger partial charge is 0.329 e. The van der Waals surface area contributed by atoms with Crippen LogP contribution in [0.1, 0.15) is 20.3 Å². The second-order valence-electron chi connectivity index (χ2n) is 2.82. The van der Waals surface area contributed by atoms with Gasteiger partial charge >= 0.3 is 11.9 Å². The number of ether oxygens (including phenoxy) is 2. The molecule has 1 N–H and O–H groups in total. The molecule has 0 unspecified atom stereocenters. The molecule has 0 radical (unpaired) electrons. The Bertz CT molecular complexity index is 319. The minimum atomic E-state index is -1.33. The Morgan fingerprint density at radius 2 is 1.88 bits per heavy atom. The summed E-state index contributed by atoms with van der Waals surface area (Å²) < 4.78 is 9.21. The number of rotatable bonds is 6. The SMILES string of the molecule is CCOC(=O)CC(=N)[C@H](C#N)C(=O)OCC. The minimum absolute atomic E-state index is 0.129. The maximum absolute atomic E-state index is 11.2. The van der Waals surface area contributed by atoms with E-state index in [0.717, 1.165) is 0 Å². The van der Waals surface area contributed by atoms with E-state index < -0.39 is 17.9 Å². The fourth-order valence-electron chi connectivity index (χ4n) is 0.968. The van der Waals surface area contributed by atoms with Crippen molar-refractivity contribution in [2.45, 2.75) is 20.3 Å². The summed E-state index contributed by atoms with van der Waals surface area (Å²) in [5, 5.41) is 16.1. The van der Waals surface area contributed by atoms with Gasteiger partial charge in [-0.05, 0) is 13.8 Å². The summed E-state index contributed by atoms with van der Waals surface area (Å²) in [5.74, 6) is -2.76. The molecule has 6 nitrogen and oxygen atoms in total. The van der Waals surface area contributed by atoms with Crippen molar-refractivity contribution < 1.29 is 19.1 Å². The van der Waals surface area contributed by atoms with Gasteiger partial charge in [-0.3, -0.25) is 9.59 Å². The molecule has 0 saturated carbocycles. The summed E-state index contributed by atoms with van der Waals surface area (Å²) in [6, 6.07) is 1.63. The first-order valence-corrected chi connectivity index (χ1v) is 4.85. The Morgan fingerprint density at radius 3 is 2.31 bits per heavy atom. The first-order chi connectivity index (χ1) is 7.56. The Hall–Kier alpha value is -1.90. The highest BCUT2D eigenvalue weighted by Gasteiger charge is 2.26. The van der Waals surface area contributed by atoms with Crippen LogP contribution in [0.2, 0.25) is 0 Å². The summed E-state index contributed by atoms with van der Waals surface area (Å²) in [6.45, 7) is 3.56. The molecule has 0 spiro atoms. The summed E-state index contributed by atoms with van der Waals surface area (Å²) in [4.78, 5) is 22.2. The Morgan fingerprint density at radius 1 is 1.31 bits per heavy atom. The summed E-state index contributed by atoms with van der Waals surface area (Å²) in [6.07, 6.45) is -0.370. The van der Waals surface area contributed by atoms with Crippen molar-refractivity contribution >= 4 is 17.7 Å². The molecule has 0 aromatic heterocycles. The molecule has 0 amide bonds. The van der Waals surface area contributed by atoms with Crippen molar-refractivity contribution in [1.82, 2.24) is 0 Å². The van der Waals surface area contributed by atoms with Crippen LogP contribution in [-0.4, -0.2) is 30.9 Å². The van der Waals surface area contributed by atoms with Crippen LogP contribution in [0.4, 0.5) is 0 Å². The number of hydrogen-bond acceptors (Lipinski definition) is 6. The standard InChI is InChI=1S/C10H14N2O4/c1-3-15-9(13)5-8(12)7(6-11)10(14)16-4-2/h7,12H,3-5H2,1-2H3/t7-/m0/s1. The van der Waals surface area contributed by atoms with Crippen molar-refractivity contribution in [1.29, 1.82) is 10.7 Å². The third kappa shape index (κ3) is 4.55. The minimum Gasteiger partial charge on any atom is -0.466 e. The molecule has 16 heavy (non-hydrogen) atoms. The molecule has 0 heterocycles. The molecule has 1 atom stereocenters. The van der Waals surface area contributed by atoms with Gasteiger partial charge in [0.1, 0.15) is 0 Å². The van der Waals surface area contributed by atoms with E-state index in [1.165, 1.54) is 0 Å². The fourth-order valence-corrected chi connectivity index (χ4v) is 0.968. The zero-order valence-corrected chi connectivity index (χ0v) is 9.28. The molecular weight excluding hydrogens is 212 g/mol. The molecule has 0 aromatic rings. The Labute approximate surface area is 93.7 Å². The number of nitrogens with zero attached hydrogens (tertiary/aromatic N) is 1. The van der Waals surface area contributed by atoms with Crippen LogP contribution >= 0.6 is 0 Å². The van der Waals surface area contributed by atoms with E-state index in [2.05, 4.69) is 9.47 Å². The largest absolute Gasteiger partial charge is 0.466 e. The molecule has 88 valence electrons. The van der Waals surface area contributed by atoms with Crippen LogP contribution in [-0.2, 0) is 19.1 Å². The number of hydrogen-bond donors (Lipinski definition) is 1. The van der Waals surface area contributed by atoms with Crippen LogP contribution < -0.4 is 0 Å². The lowest BCUT2D eigenvalue weighted by Gasteiger charge is -2.09. The summed E-state index contributed by atoms with van der Waals surface area (Å²) in [7, 11) is 0. The number of esters is 2. The van der Waals surface area contributed by atoms with Gasteiger partial charge in [-0.1, -0.05) is 0 Å². The molecular formula is C10H14N2O4. The molecule has 0 fully saturated rings. The second-order valence-corrected chi connectivity index (χ2v) is 2.82. The van der Waals surface area contributed by atoms with Crippen LogP contribution in [0, 0.1) is 22.7 Å². The summed E-state index contributed by atoms with van der Waals surface area (Å²) >= 11 is 0. The molecule has 0 aliphatic rings. The highest BCUT2D eigenvalue weighted by atomic mass is 16.5. The number of carbonyl (C=O) groups is 2. The van der Waals surface area contributed by atoms with Crippen molar-refractivity contribution in [3.05, 3.63) is 0 Å². The van der Waals surface area contributed by atoms with Gasteiger partial charge in [-0.2, -0.15) is 5.26 Å². The lowest BCUT2D eigenvalue weighted by molar-refractivity contribution is -0.144. The van der Waals surface area contributed by atoms with E-state index in [4.69, 9.17) is 10.7 Å². The maximum Gasteiger partial charge on any atom is 0.329 e. The van der Waals surface area contributed by atoms with E-state index in [0.29, 0.717) is 0 Å². The predicted octanol–water partition coefficient (Wildman–Crippen LogP) is 0.662. The van der Waals surface area contributed by atoms with Gasteiger partial charge in [0.15, 0.2) is 5.92 Å². The van der Waals surface area contributed by atoms with E-state index in [9.17, 15) is 9.59 Å². The van der Waals surface area contributed by atoms with Gasteiger partial charge in [-0.25, -0.2) is 0 Å². The van der Waals surface area contributed by atoms with E-state index >= 15 is 0 Å². The lowest BCUT2D eigenvalue weighted by atomic mass is 10.0. The zero-order valence-electron chi connectivity index (χ0n) is 9.28. The average Bonchev–Trinajstić information content (AvgIpc) is 2.19. The monoisotopic (exact) mass is 226 g/mol. The molecule has 0 rings (SSSR count). The highest BCUT2D eigenvalue weighted by molar-refractivity contribution is 6.09. The second kappa shape index (κ2) is 7.40. The molecule has 0 bridgehead atoms. The number of carbonyl (C=O) groups excluding carboxylic acids is 2. The molecule has 0 aromatic carbocycles. The normalized spacial score (nSPS) is 11.1. The molecule has 0 aliphatic carbocycles. The number of nitrogens with one attached hydrogen (secondary N) is 1. The van der Waals surface area contributed by atoms with Crippen LogP contribution in [0.25, 0.3) is 0 Å². The zero-order chi connectivity index (χ0) is 12.6. The van der Waals surface area contributed by atoms with Gasteiger partial charge in [-0.15, -0.1) is 0 Å². The molecule has 0 aliphatic heterocycles. The van der Waals surface area contributed by atoms with Crippen molar-refractivity contribution in [2.75, 3.05) is 13.2 Å². The fraction of sp³-hybridized carbons (Fsp3) is 0.600. The van der Waals surface area contributed by atoms with E-state index in [1.807, 2.05) is 0 Å². The first-order valence-electron chi connectivity index (χ1n) is 4.85. The molecule has 6 heteroatoms. The third-order valence-electron chi connectivity index (χ3n) is 1.64. The van der Waals surface area contributed by atoms with Crippen LogP contribution in [0.3, 0.4) is 0 Å². The van der Waals surface area contributed by atoms with Crippen molar-refractivity contribution in [2.24, 2.45) is 5.92 Å². The van der Waals surface area contributed by atoms with Gasteiger partial charge < -0.3 is 14.9 Å². The van der Waals surface area contributed by atoms with Crippen molar-refractivity contribution in [3.8, 4) is 6.07 Å². The van der Waals surface area contributed by atoms with Gasteiger partial charge in [0.05, 0.1) is 25.7 Å². The quantitative estimate of drug-likeness (QED) is 0.529. The third-order valence-corrected chi connectivity index (χ3v) is 1.64. The van der Waals surface area contributed by atoms with Gasteiger partial charge in [0.2, 0.25) is 0 Å². The van der Waals surface area contributed by atoms with E-state index in [-0.39, 0.29) is 25.3 Å². The maximum atomic E-state index is 11.2. The van der Waals surface area contributed by atoms with Crippen molar-refractivity contribution in [3.63, 3.8) is 0 Å². The Balaban J connectivity index is 4.38.